The minimum absolute atomic E-state index is 0.0445. The highest BCUT2D eigenvalue weighted by atomic mass is 16.4. The van der Waals surface area contributed by atoms with Crippen molar-refractivity contribution in [3.8, 4) is 0 Å². The number of hydrogen-bond donors (Lipinski definition) is 3. The molecular formula is C11H22N4O2. The molecule has 0 aromatic heterocycles. The van der Waals surface area contributed by atoms with Crippen LogP contribution in [0, 0.1) is 5.92 Å². The first kappa shape index (κ1) is 13.8. The van der Waals surface area contributed by atoms with Crippen LogP contribution in [0.2, 0.25) is 0 Å². The minimum atomic E-state index is -0.191. The molecule has 0 bridgehead atoms. The summed E-state index contributed by atoms with van der Waals surface area (Å²) < 4.78 is 0. The molecule has 6 nitrogen and oxygen atoms in total. The Balaban J connectivity index is 2.22. The van der Waals surface area contributed by atoms with Crippen molar-refractivity contribution in [1.29, 1.82) is 0 Å². The van der Waals surface area contributed by atoms with E-state index in [1.807, 2.05) is 0 Å². The van der Waals surface area contributed by atoms with Crippen molar-refractivity contribution in [2.24, 2.45) is 16.8 Å². The first-order chi connectivity index (χ1) is 8.02. The highest BCUT2D eigenvalue weighted by Crippen LogP contribution is 2.17. The van der Waals surface area contributed by atoms with E-state index in [2.05, 4.69) is 29.2 Å². The summed E-state index contributed by atoms with van der Waals surface area (Å²) in [5.74, 6) is 0.259. The van der Waals surface area contributed by atoms with Gasteiger partial charge in [0.05, 0.1) is 6.42 Å². The molecule has 0 aliphatic carbocycles. The van der Waals surface area contributed by atoms with E-state index in [1.165, 1.54) is 0 Å². The number of likely N-dealkylation sites (tertiary alicyclic amines) is 1. The molecular weight excluding hydrogens is 220 g/mol. The molecule has 1 atom stereocenters. The first-order valence-corrected chi connectivity index (χ1v) is 6.00. The van der Waals surface area contributed by atoms with E-state index in [-0.39, 0.29) is 18.2 Å². The van der Waals surface area contributed by atoms with Crippen LogP contribution in [0.5, 0.6) is 0 Å². The molecule has 1 amide bonds. The molecule has 98 valence electrons. The summed E-state index contributed by atoms with van der Waals surface area (Å²) in [6.07, 6.45) is 1.07. The normalized spacial score (nSPS) is 22.1. The van der Waals surface area contributed by atoms with Crippen molar-refractivity contribution < 1.29 is 10.0 Å². The molecule has 0 aromatic carbocycles. The monoisotopic (exact) mass is 242 g/mol. The first-order valence-electron chi connectivity index (χ1n) is 6.00. The molecule has 6 heteroatoms. The Labute approximate surface area is 102 Å². The molecule has 17 heavy (non-hydrogen) atoms. The molecule has 1 fully saturated rings. The Hall–Kier alpha value is -1.30. The van der Waals surface area contributed by atoms with Crippen molar-refractivity contribution >= 4 is 11.7 Å². The summed E-state index contributed by atoms with van der Waals surface area (Å²) in [7, 11) is 0. The molecule has 1 unspecified atom stereocenters. The molecule has 0 aromatic rings. The number of amidine groups is 1. The maximum absolute atomic E-state index is 11.4. The van der Waals surface area contributed by atoms with Crippen LogP contribution in [-0.2, 0) is 4.79 Å². The lowest BCUT2D eigenvalue weighted by Gasteiger charge is -2.20. The smallest absolute Gasteiger partial charge is 0.227 e. The predicted molar refractivity (Wildman–Crippen MR) is 65.9 cm³/mol. The molecule has 1 aliphatic heterocycles. The van der Waals surface area contributed by atoms with E-state index >= 15 is 0 Å². The zero-order chi connectivity index (χ0) is 12.8. The van der Waals surface area contributed by atoms with E-state index in [0.29, 0.717) is 18.5 Å². The van der Waals surface area contributed by atoms with Crippen molar-refractivity contribution in [3.63, 3.8) is 0 Å². The summed E-state index contributed by atoms with van der Waals surface area (Å²) in [6.45, 7) is 7.15. The van der Waals surface area contributed by atoms with Gasteiger partial charge in [0.1, 0.15) is 5.84 Å². The molecule has 0 radical (unpaired) electrons. The van der Waals surface area contributed by atoms with Crippen LogP contribution in [-0.4, -0.2) is 47.5 Å². The third-order valence-corrected chi connectivity index (χ3v) is 3.11. The second-order valence-electron chi connectivity index (χ2n) is 4.82. The maximum Gasteiger partial charge on any atom is 0.227 e. The van der Waals surface area contributed by atoms with Crippen LogP contribution in [0.25, 0.3) is 0 Å². The number of nitrogens with two attached hydrogens (primary N) is 1. The number of nitrogens with zero attached hydrogens (tertiary/aromatic N) is 2. The zero-order valence-corrected chi connectivity index (χ0v) is 10.5. The van der Waals surface area contributed by atoms with Crippen molar-refractivity contribution in [3.05, 3.63) is 0 Å². The third-order valence-electron chi connectivity index (χ3n) is 3.11. The molecule has 1 heterocycles. The fourth-order valence-electron chi connectivity index (χ4n) is 2.02. The predicted octanol–water partition coefficient (Wildman–Crippen LogP) is -0.0306. The molecule has 0 saturated carbocycles. The van der Waals surface area contributed by atoms with Crippen LogP contribution >= 0.6 is 0 Å². The molecule has 1 rings (SSSR count). The Morgan fingerprint density at radius 1 is 1.65 bits per heavy atom. The molecule has 0 spiro atoms. The number of rotatable bonds is 5. The Bertz CT molecular complexity index is 291. The fourth-order valence-corrected chi connectivity index (χ4v) is 2.02. The van der Waals surface area contributed by atoms with Crippen molar-refractivity contribution in [1.82, 2.24) is 10.2 Å². The number of hydrogen-bond acceptors (Lipinski definition) is 4. The number of carbonyl (C=O) groups is 1. The van der Waals surface area contributed by atoms with E-state index in [9.17, 15) is 4.79 Å². The van der Waals surface area contributed by atoms with Crippen molar-refractivity contribution in [2.45, 2.75) is 32.7 Å². The quantitative estimate of drug-likeness (QED) is 0.273. The van der Waals surface area contributed by atoms with Gasteiger partial charge in [-0.15, -0.1) is 0 Å². The topological polar surface area (TPSA) is 91.0 Å². The largest absolute Gasteiger partial charge is 0.409 e. The number of carbonyl (C=O) groups excluding carboxylic acids is 1. The van der Waals surface area contributed by atoms with Gasteiger partial charge in [0.15, 0.2) is 0 Å². The van der Waals surface area contributed by atoms with E-state index in [4.69, 9.17) is 10.9 Å². The van der Waals surface area contributed by atoms with Crippen LogP contribution < -0.4 is 11.1 Å². The average Bonchev–Trinajstić information content (AvgIpc) is 2.75. The van der Waals surface area contributed by atoms with Gasteiger partial charge in [-0.25, -0.2) is 0 Å². The standard InChI is InChI=1S/C11H22N4O2/c1-8(2)15-4-3-9(7-15)6-13-11(16)5-10(12)14-17/h8-9,17H,3-7H2,1-2H3,(H2,12,14)(H,13,16). The fraction of sp³-hybridized carbons (Fsp3) is 0.818. The Morgan fingerprint density at radius 3 is 2.88 bits per heavy atom. The Morgan fingerprint density at radius 2 is 2.35 bits per heavy atom. The van der Waals surface area contributed by atoms with Gasteiger partial charge in [-0.1, -0.05) is 5.16 Å². The average molecular weight is 242 g/mol. The SMILES string of the molecule is CC(C)N1CCC(CNC(=O)CC(N)=NO)C1. The summed E-state index contributed by atoms with van der Waals surface area (Å²) in [4.78, 5) is 13.8. The second-order valence-corrected chi connectivity index (χ2v) is 4.82. The second kappa shape index (κ2) is 6.44. The van der Waals surface area contributed by atoms with E-state index in [0.717, 1.165) is 19.5 Å². The minimum Gasteiger partial charge on any atom is -0.409 e. The highest BCUT2D eigenvalue weighted by Gasteiger charge is 2.24. The maximum atomic E-state index is 11.4. The van der Waals surface area contributed by atoms with E-state index < -0.39 is 0 Å². The van der Waals surface area contributed by atoms with Gasteiger partial charge in [-0.05, 0) is 32.7 Å². The third kappa shape index (κ3) is 4.60. The molecule has 1 saturated heterocycles. The van der Waals surface area contributed by atoms with Gasteiger partial charge in [-0.3, -0.25) is 4.79 Å². The lowest BCUT2D eigenvalue weighted by Crippen LogP contribution is -2.34. The summed E-state index contributed by atoms with van der Waals surface area (Å²) in [5.41, 5.74) is 5.25. The molecule has 1 aliphatic rings. The van der Waals surface area contributed by atoms with Gasteiger partial charge in [0, 0.05) is 19.1 Å². The van der Waals surface area contributed by atoms with Crippen LogP contribution in [0.4, 0.5) is 0 Å². The summed E-state index contributed by atoms with van der Waals surface area (Å²) in [5, 5.41) is 13.9. The number of oxime groups is 1. The van der Waals surface area contributed by atoms with Gasteiger partial charge in [-0.2, -0.15) is 0 Å². The van der Waals surface area contributed by atoms with Crippen LogP contribution in [0.3, 0.4) is 0 Å². The zero-order valence-electron chi connectivity index (χ0n) is 10.5. The lowest BCUT2D eigenvalue weighted by molar-refractivity contribution is -0.120. The van der Waals surface area contributed by atoms with Gasteiger partial charge >= 0.3 is 0 Å². The van der Waals surface area contributed by atoms with E-state index in [1.54, 1.807) is 0 Å². The van der Waals surface area contributed by atoms with Crippen LogP contribution in [0.1, 0.15) is 26.7 Å². The van der Waals surface area contributed by atoms with Gasteiger partial charge in [0.25, 0.3) is 0 Å². The van der Waals surface area contributed by atoms with Crippen molar-refractivity contribution in [2.75, 3.05) is 19.6 Å². The number of amides is 1. The van der Waals surface area contributed by atoms with Gasteiger partial charge in [0.2, 0.25) is 5.91 Å². The summed E-state index contributed by atoms with van der Waals surface area (Å²) >= 11 is 0. The lowest BCUT2D eigenvalue weighted by atomic mass is 10.1. The van der Waals surface area contributed by atoms with Crippen LogP contribution in [0.15, 0.2) is 5.16 Å². The number of nitrogens with one attached hydrogen (secondary N) is 1. The Kier molecular flexibility index (Phi) is 5.21. The van der Waals surface area contributed by atoms with Gasteiger partial charge < -0.3 is 21.2 Å². The summed E-state index contributed by atoms with van der Waals surface area (Å²) in [6, 6.07) is 0.563. The molecule has 4 N–H and O–H groups in total. The highest BCUT2D eigenvalue weighted by molar-refractivity contribution is 5.98.